The lowest BCUT2D eigenvalue weighted by Gasteiger charge is -2.47. The van der Waals surface area contributed by atoms with Crippen LogP contribution in [0.2, 0.25) is 0 Å². The van der Waals surface area contributed by atoms with Gasteiger partial charge in [-0.1, -0.05) is 30.3 Å². The van der Waals surface area contributed by atoms with E-state index in [1.165, 1.54) is 0 Å². The molecule has 2 fully saturated rings. The molecule has 6 nitrogen and oxygen atoms in total. The number of aryl methyl sites for hydroxylation is 2. The number of amides is 1. The second-order valence-electron chi connectivity index (χ2n) is 8.46. The van der Waals surface area contributed by atoms with Gasteiger partial charge in [-0.25, -0.2) is 4.79 Å². The van der Waals surface area contributed by atoms with Gasteiger partial charge in [-0.2, -0.15) is 0 Å². The summed E-state index contributed by atoms with van der Waals surface area (Å²) in [5.74, 6) is 0.788. The Kier molecular flexibility index (Phi) is 6.28. The molecule has 0 aliphatic carbocycles. The van der Waals surface area contributed by atoms with Crippen molar-refractivity contribution >= 4 is 11.9 Å². The molecule has 0 radical (unpaired) electrons. The van der Waals surface area contributed by atoms with Crippen LogP contribution in [-0.4, -0.2) is 49.2 Å². The Bertz CT molecular complexity index is 944. The number of fused-ring (bicyclic) bond motifs is 2. The van der Waals surface area contributed by atoms with Gasteiger partial charge < -0.3 is 14.2 Å². The zero-order valence-electron chi connectivity index (χ0n) is 18.3. The number of benzene rings is 2. The molecule has 164 valence electrons. The van der Waals surface area contributed by atoms with Crippen molar-refractivity contribution < 1.29 is 23.8 Å². The van der Waals surface area contributed by atoms with E-state index >= 15 is 0 Å². The molecule has 2 atom stereocenters. The van der Waals surface area contributed by atoms with Gasteiger partial charge in [0.2, 0.25) is 0 Å². The molecule has 2 aromatic rings. The summed E-state index contributed by atoms with van der Waals surface area (Å²) in [7, 11) is 1.64. The van der Waals surface area contributed by atoms with Gasteiger partial charge in [0.15, 0.2) is 5.78 Å². The fourth-order valence-electron chi connectivity index (χ4n) is 4.72. The van der Waals surface area contributed by atoms with Crippen LogP contribution >= 0.6 is 0 Å². The molecule has 2 bridgehead atoms. The highest BCUT2D eigenvalue weighted by Crippen LogP contribution is 2.35. The predicted octanol–water partition coefficient (Wildman–Crippen LogP) is 4.31. The molecular weight excluding hydrogens is 394 g/mol. The second kappa shape index (κ2) is 9.10. The van der Waals surface area contributed by atoms with E-state index in [4.69, 9.17) is 14.2 Å². The standard InChI is InChI=1S/C25H29NO5/c1-16-10-23(29-3)17(2)9-22(16)24(27)19-11-20-14-30-15-21(12-19)26(20)25(28)31-13-18-7-5-4-6-8-18/h4-10,19-21H,11-15H2,1-3H3. The normalized spacial score (nSPS) is 22.7. The molecule has 0 saturated carbocycles. The van der Waals surface area contributed by atoms with Crippen LogP contribution in [0.4, 0.5) is 4.79 Å². The average molecular weight is 424 g/mol. The van der Waals surface area contributed by atoms with Crippen LogP contribution in [0, 0.1) is 19.8 Å². The number of methoxy groups -OCH3 is 1. The van der Waals surface area contributed by atoms with Crippen LogP contribution in [0.25, 0.3) is 0 Å². The number of ether oxygens (including phenoxy) is 3. The first kappa shape index (κ1) is 21.4. The average Bonchev–Trinajstić information content (AvgIpc) is 2.78. The summed E-state index contributed by atoms with van der Waals surface area (Å²) in [5, 5.41) is 0. The highest BCUT2D eigenvalue weighted by molar-refractivity contribution is 5.99. The Morgan fingerprint density at radius 3 is 2.35 bits per heavy atom. The molecule has 6 heteroatoms. The van der Waals surface area contributed by atoms with E-state index in [9.17, 15) is 9.59 Å². The Balaban J connectivity index is 1.46. The van der Waals surface area contributed by atoms with Crippen LogP contribution < -0.4 is 4.74 Å². The number of hydrogen-bond donors (Lipinski definition) is 0. The SMILES string of the molecule is COc1cc(C)c(C(=O)C2CC3COCC(C2)N3C(=O)OCc2ccccc2)cc1C. The lowest BCUT2D eigenvalue weighted by atomic mass is 9.80. The molecular formula is C25H29NO5. The van der Waals surface area contributed by atoms with Crippen LogP contribution in [-0.2, 0) is 16.1 Å². The van der Waals surface area contributed by atoms with E-state index < -0.39 is 0 Å². The molecule has 2 saturated heterocycles. The van der Waals surface area contributed by atoms with E-state index in [1.807, 2.05) is 56.3 Å². The number of morpholine rings is 1. The van der Waals surface area contributed by atoms with Gasteiger partial charge in [-0.15, -0.1) is 0 Å². The van der Waals surface area contributed by atoms with Crippen LogP contribution in [0.5, 0.6) is 5.75 Å². The lowest BCUT2D eigenvalue weighted by molar-refractivity contribution is -0.0755. The van der Waals surface area contributed by atoms with Crippen molar-refractivity contribution in [2.24, 2.45) is 5.92 Å². The van der Waals surface area contributed by atoms with Gasteiger partial charge in [0.05, 0.1) is 32.4 Å². The molecule has 2 aliphatic rings. The predicted molar refractivity (Wildman–Crippen MR) is 116 cm³/mol. The summed E-state index contributed by atoms with van der Waals surface area (Å²) < 4.78 is 16.7. The highest BCUT2D eigenvalue weighted by Gasteiger charge is 2.44. The minimum absolute atomic E-state index is 0.136. The number of rotatable bonds is 5. The minimum Gasteiger partial charge on any atom is -0.496 e. The maximum Gasteiger partial charge on any atom is 0.410 e. The maximum atomic E-state index is 13.4. The molecule has 0 spiro atoms. The van der Waals surface area contributed by atoms with Crippen molar-refractivity contribution in [1.29, 1.82) is 0 Å². The number of hydrogen-bond acceptors (Lipinski definition) is 5. The van der Waals surface area contributed by atoms with E-state index in [2.05, 4.69) is 0 Å². The molecule has 2 unspecified atom stereocenters. The maximum absolute atomic E-state index is 13.4. The van der Waals surface area contributed by atoms with E-state index in [1.54, 1.807) is 12.0 Å². The quantitative estimate of drug-likeness (QED) is 0.671. The number of nitrogens with zero attached hydrogens (tertiary/aromatic N) is 1. The first-order valence-electron chi connectivity index (χ1n) is 10.7. The zero-order valence-corrected chi connectivity index (χ0v) is 18.3. The molecule has 2 aliphatic heterocycles. The summed E-state index contributed by atoms with van der Waals surface area (Å²) in [4.78, 5) is 28.0. The Labute approximate surface area is 183 Å². The zero-order chi connectivity index (χ0) is 22.0. The van der Waals surface area contributed by atoms with Crippen molar-refractivity contribution in [1.82, 2.24) is 4.90 Å². The summed E-state index contributed by atoms with van der Waals surface area (Å²) >= 11 is 0. The molecule has 31 heavy (non-hydrogen) atoms. The van der Waals surface area contributed by atoms with Crippen LogP contribution in [0.15, 0.2) is 42.5 Å². The van der Waals surface area contributed by atoms with Crippen molar-refractivity contribution in [2.45, 2.75) is 45.4 Å². The van der Waals surface area contributed by atoms with Gasteiger partial charge in [0.1, 0.15) is 12.4 Å². The Morgan fingerprint density at radius 2 is 1.71 bits per heavy atom. The van der Waals surface area contributed by atoms with Gasteiger partial charge in [-0.05, 0) is 55.5 Å². The van der Waals surface area contributed by atoms with Gasteiger partial charge in [0, 0.05) is 11.5 Å². The summed E-state index contributed by atoms with van der Waals surface area (Å²) in [5.41, 5.74) is 3.55. The van der Waals surface area contributed by atoms with Crippen molar-refractivity contribution in [3.8, 4) is 5.75 Å². The third kappa shape index (κ3) is 4.44. The van der Waals surface area contributed by atoms with Crippen LogP contribution in [0.3, 0.4) is 0 Å². The molecule has 2 aromatic carbocycles. The third-order valence-electron chi connectivity index (χ3n) is 6.31. The molecule has 0 aromatic heterocycles. The van der Waals surface area contributed by atoms with Crippen molar-refractivity contribution in [3.63, 3.8) is 0 Å². The van der Waals surface area contributed by atoms with Gasteiger partial charge in [-0.3, -0.25) is 9.69 Å². The molecule has 0 N–H and O–H groups in total. The number of ketones is 1. The summed E-state index contributed by atoms with van der Waals surface area (Å²) in [6.07, 6.45) is 0.838. The van der Waals surface area contributed by atoms with Gasteiger partial charge >= 0.3 is 6.09 Å². The van der Waals surface area contributed by atoms with Gasteiger partial charge in [0.25, 0.3) is 0 Å². The van der Waals surface area contributed by atoms with Crippen molar-refractivity contribution in [2.75, 3.05) is 20.3 Å². The van der Waals surface area contributed by atoms with Crippen molar-refractivity contribution in [3.05, 3.63) is 64.7 Å². The molecule has 2 heterocycles. The fourth-order valence-corrected chi connectivity index (χ4v) is 4.72. The second-order valence-corrected chi connectivity index (χ2v) is 8.46. The summed E-state index contributed by atoms with van der Waals surface area (Å²) in [6.45, 7) is 4.99. The van der Waals surface area contributed by atoms with E-state index in [0.29, 0.717) is 26.1 Å². The minimum atomic E-state index is -0.329. The smallest absolute Gasteiger partial charge is 0.410 e. The monoisotopic (exact) mass is 423 g/mol. The number of piperidine rings is 1. The van der Waals surface area contributed by atoms with Crippen LogP contribution in [0.1, 0.15) is 39.9 Å². The number of Topliss-reactive ketones (excluding diaryl/α,β-unsaturated/α-hetero) is 1. The Hall–Kier alpha value is -2.86. The topological polar surface area (TPSA) is 65.1 Å². The van der Waals surface area contributed by atoms with E-state index in [-0.39, 0.29) is 36.5 Å². The number of carbonyl (C=O) groups is 2. The number of carbonyl (C=O) groups excluding carboxylic acids is 2. The summed E-state index contributed by atoms with van der Waals surface area (Å²) in [6, 6.07) is 13.2. The molecule has 1 amide bonds. The fraction of sp³-hybridized carbons (Fsp3) is 0.440. The Morgan fingerprint density at radius 1 is 1.03 bits per heavy atom. The highest BCUT2D eigenvalue weighted by atomic mass is 16.6. The first-order valence-corrected chi connectivity index (χ1v) is 10.7. The van der Waals surface area contributed by atoms with E-state index in [0.717, 1.165) is 28.0 Å². The third-order valence-corrected chi connectivity index (χ3v) is 6.31. The lowest BCUT2D eigenvalue weighted by Crippen LogP contribution is -2.59. The largest absolute Gasteiger partial charge is 0.496 e. The molecule has 4 rings (SSSR count). The first-order chi connectivity index (χ1) is 15.0.